The van der Waals surface area contributed by atoms with Crippen molar-refractivity contribution in [3.05, 3.63) is 59.7 Å². The van der Waals surface area contributed by atoms with E-state index in [1.54, 1.807) is 0 Å². The lowest BCUT2D eigenvalue weighted by molar-refractivity contribution is 0.867. The molecule has 0 spiro atoms. The highest BCUT2D eigenvalue weighted by Gasteiger charge is 1.98. The van der Waals surface area contributed by atoms with Crippen LogP contribution in [0.25, 0.3) is 0 Å². The number of hydrogen-bond donors (Lipinski definition) is 0. The van der Waals surface area contributed by atoms with E-state index in [0.29, 0.717) is 11.8 Å². The molecule has 0 aliphatic carbocycles. The SMILES string of the molecule is CC(C)c1ccc(N=C=Nc2ccc(C(C)C)cc2)cc1. The van der Waals surface area contributed by atoms with Crippen LogP contribution in [0.3, 0.4) is 0 Å². The van der Waals surface area contributed by atoms with Crippen molar-refractivity contribution in [3.63, 3.8) is 0 Å². The zero-order valence-electron chi connectivity index (χ0n) is 13.2. The van der Waals surface area contributed by atoms with Gasteiger partial charge in [0.1, 0.15) is 6.01 Å². The Morgan fingerprint density at radius 3 is 1.24 bits per heavy atom. The molecule has 0 fully saturated rings. The zero-order chi connectivity index (χ0) is 15.2. The zero-order valence-corrected chi connectivity index (χ0v) is 13.2. The summed E-state index contributed by atoms with van der Waals surface area (Å²) in [5.41, 5.74) is 4.38. The predicted octanol–water partition coefficient (Wildman–Crippen LogP) is 6.07. The van der Waals surface area contributed by atoms with Crippen LogP contribution in [0.5, 0.6) is 0 Å². The summed E-state index contributed by atoms with van der Waals surface area (Å²) < 4.78 is 0. The van der Waals surface area contributed by atoms with Crippen molar-refractivity contribution in [3.8, 4) is 0 Å². The van der Waals surface area contributed by atoms with Crippen molar-refractivity contribution in [2.45, 2.75) is 39.5 Å². The van der Waals surface area contributed by atoms with Gasteiger partial charge in [-0.05, 0) is 47.2 Å². The molecule has 0 aromatic heterocycles. The van der Waals surface area contributed by atoms with E-state index in [9.17, 15) is 0 Å². The lowest BCUT2D eigenvalue weighted by Crippen LogP contribution is -1.84. The molecule has 0 saturated heterocycles. The first-order valence-electron chi connectivity index (χ1n) is 7.42. The molecule has 0 unspecified atom stereocenters. The van der Waals surface area contributed by atoms with E-state index in [2.05, 4.69) is 68.0 Å². The molecule has 2 heteroatoms. The van der Waals surface area contributed by atoms with Gasteiger partial charge in [-0.3, -0.25) is 0 Å². The maximum absolute atomic E-state index is 4.24. The molecule has 0 radical (unpaired) electrons. The third-order valence-electron chi connectivity index (χ3n) is 3.48. The van der Waals surface area contributed by atoms with E-state index in [1.807, 2.05) is 24.3 Å². The average Bonchev–Trinajstić information content (AvgIpc) is 2.48. The molecule has 0 heterocycles. The molecule has 0 bridgehead atoms. The monoisotopic (exact) mass is 278 g/mol. The summed E-state index contributed by atoms with van der Waals surface area (Å²) in [6.45, 7) is 8.72. The molecular weight excluding hydrogens is 256 g/mol. The number of hydrogen-bond acceptors (Lipinski definition) is 2. The van der Waals surface area contributed by atoms with Crippen LogP contribution >= 0.6 is 0 Å². The van der Waals surface area contributed by atoms with Gasteiger partial charge in [0.15, 0.2) is 0 Å². The molecule has 2 nitrogen and oxygen atoms in total. The van der Waals surface area contributed by atoms with Crippen molar-refractivity contribution in [1.82, 2.24) is 0 Å². The Labute approximate surface area is 127 Å². The predicted molar refractivity (Wildman–Crippen MR) is 90.2 cm³/mol. The first-order valence-corrected chi connectivity index (χ1v) is 7.42. The number of benzene rings is 2. The van der Waals surface area contributed by atoms with Gasteiger partial charge in [0, 0.05) is 0 Å². The van der Waals surface area contributed by atoms with Crippen LogP contribution in [0.1, 0.15) is 50.7 Å². The smallest absolute Gasteiger partial charge is 0.100 e. The third kappa shape index (κ3) is 4.40. The van der Waals surface area contributed by atoms with Crippen LogP contribution in [0.4, 0.5) is 11.4 Å². The summed E-state index contributed by atoms with van der Waals surface area (Å²) in [5, 5.41) is 0. The van der Waals surface area contributed by atoms with E-state index >= 15 is 0 Å². The standard InChI is InChI=1S/C19H22N2/c1-14(2)16-5-9-18(10-6-16)20-13-21-19-11-7-17(8-12-19)15(3)4/h5-12,14-15H,1-4H3. The second kappa shape index (κ2) is 7.01. The number of aliphatic imine (C=N–C) groups is 2. The highest BCUT2D eigenvalue weighted by Crippen LogP contribution is 2.20. The second-order valence-corrected chi connectivity index (χ2v) is 5.82. The Hall–Kier alpha value is -2.18. The van der Waals surface area contributed by atoms with Crippen LogP contribution < -0.4 is 0 Å². The minimum atomic E-state index is 0.538. The summed E-state index contributed by atoms with van der Waals surface area (Å²) in [6.07, 6.45) is 0. The summed E-state index contributed by atoms with van der Waals surface area (Å²) in [5.74, 6) is 1.08. The second-order valence-electron chi connectivity index (χ2n) is 5.82. The quantitative estimate of drug-likeness (QED) is 0.606. The topological polar surface area (TPSA) is 24.7 Å². The van der Waals surface area contributed by atoms with Gasteiger partial charge in [-0.15, -0.1) is 0 Å². The fourth-order valence-electron chi connectivity index (χ4n) is 2.01. The van der Waals surface area contributed by atoms with Gasteiger partial charge in [-0.1, -0.05) is 52.0 Å². The van der Waals surface area contributed by atoms with Crippen molar-refractivity contribution < 1.29 is 0 Å². The third-order valence-corrected chi connectivity index (χ3v) is 3.48. The normalized spacial score (nSPS) is 10.6. The van der Waals surface area contributed by atoms with E-state index < -0.39 is 0 Å². The first kappa shape index (κ1) is 15.2. The van der Waals surface area contributed by atoms with E-state index in [-0.39, 0.29) is 0 Å². The molecule has 108 valence electrons. The lowest BCUT2D eigenvalue weighted by atomic mass is 10.0. The van der Waals surface area contributed by atoms with Crippen LogP contribution in [0, 0.1) is 0 Å². The van der Waals surface area contributed by atoms with Gasteiger partial charge in [0.05, 0.1) is 11.4 Å². The van der Waals surface area contributed by atoms with Crippen molar-refractivity contribution in [1.29, 1.82) is 0 Å². The maximum Gasteiger partial charge on any atom is 0.100 e. The number of nitrogens with zero attached hydrogens (tertiary/aromatic N) is 2. The van der Waals surface area contributed by atoms with E-state index in [1.165, 1.54) is 11.1 Å². The lowest BCUT2D eigenvalue weighted by Gasteiger charge is -2.04. The van der Waals surface area contributed by atoms with Gasteiger partial charge >= 0.3 is 0 Å². The molecule has 0 amide bonds. The fraction of sp³-hybridized carbons (Fsp3) is 0.316. The molecule has 21 heavy (non-hydrogen) atoms. The molecule has 0 atom stereocenters. The highest BCUT2D eigenvalue weighted by atomic mass is 14.8. The molecule has 2 aromatic rings. The van der Waals surface area contributed by atoms with Crippen LogP contribution in [-0.4, -0.2) is 6.01 Å². The van der Waals surface area contributed by atoms with Gasteiger partial charge in [-0.2, -0.15) is 9.98 Å². The molecule has 0 saturated carbocycles. The van der Waals surface area contributed by atoms with E-state index in [4.69, 9.17) is 0 Å². The Balaban J connectivity index is 2.09. The first-order chi connectivity index (χ1) is 10.1. The van der Waals surface area contributed by atoms with Crippen molar-refractivity contribution in [2.75, 3.05) is 0 Å². The minimum absolute atomic E-state index is 0.538. The Morgan fingerprint density at radius 1 is 0.619 bits per heavy atom. The van der Waals surface area contributed by atoms with Gasteiger partial charge in [0.2, 0.25) is 0 Å². The van der Waals surface area contributed by atoms with E-state index in [0.717, 1.165) is 11.4 Å². The van der Waals surface area contributed by atoms with Crippen LogP contribution in [0.2, 0.25) is 0 Å². The Kier molecular flexibility index (Phi) is 5.08. The maximum atomic E-state index is 4.24. The highest BCUT2D eigenvalue weighted by molar-refractivity contribution is 5.58. The van der Waals surface area contributed by atoms with Gasteiger partial charge < -0.3 is 0 Å². The Morgan fingerprint density at radius 2 is 0.952 bits per heavy atom. The molecule has 0 N–H and O–H groups in total. The average molecular weight is 278 g/mol. The summed E-state index contributed by atoms with van der Waals surface area (Å²) in [4.78, 5) is 8.49. The van der Waals surface area contributed by atoms with Gasteiger partial charge in [-0.25, -0.2) is 0 Å². The number of rotatable bonds is 4. The van der Waals surface area contributed by atoms with Crippen LogP contribution in [0.15, 0.2) is 58.5 Å². The molecule has 2 aromatic carbocycles. The fourth-order valence-corrected chi connectivity index (χ4v) is 2.01. The largest absolute Gasteiger partial charge is 0.188 e. The molecule has 0 aliphatic rings. The van der Waals surface area contributed by atoms with Crippen LogP contribution in [-0.2, 0) is 0 Å². The summed E-state index contributed by atoms with van der Waals surface area (Å²) >= 11 is 0. The van der Waals surface area contributed by atoms with Gasteiger partial charge in [0.25, 0.3) is 0 Å². The molecule has 2 rings (SSSR count). The summed E-state index contributed by atoms with van der Waals surface area (Å²) in [7, 11) is 0. The molecule has 0 aliphatic heterocycles. The van der Waals surface area contributed by atoms with Crippen molar-refractivity contribution >= 4 is 17.4 Å². The Bertz CT molecular complexity index is 573. The molecular formula is C19H22N2. The minimum Gasteiger partial charge on any atom is -0.188 e. The summed E-state index contributed by atoms with van der Waals surface area (Å²) in [6, 6.07) is 19.2. The van der Waals surface area contributed by atoms with Crippen molar-refractivity contribution in [2.24, 2.45) is 9.98 Å².